The number of H-pyrrole nitrogens is 1. The summed E-state index contributed by atoms with van der Waals surface area (Å²) >= 11 is 0. The molecule has 0 saturated carbocycles. The minimum atomic E-state index is -1.02. The topological polar surface area (TPSA) is 82.6 Å². The number of aromatic amines is 1. The van der Waals surface area contributed by atoms with E-state index < -0.39 is 11.4 Å². The van der Waals surface area contributed by atoms with Gasteiger partial charge in [-0.05, 0) is 12.0 Å². The lowest BCUT2D eigenvalue weighted by molar-refractivity contribution is -0.151. The lowest BCUT2D eigenvalue weighted by Crippen LogP contribution is -2.40. The van der Waals surface area contributed by atoms with E-state index in [0.29, 0.717) is 18.5 Å². The van der Waals surface area contributed by atoms with Crippen molar-refractivity contribution >= 4 is 11.9 Å². The molecule has 2 aromatic rings. The number of likely N-dealkylation sites (tertiary alicyclic amines) is 1. The first-order valence-corrected chi connectivity index (χ1v) is 7.81. The largest absolute Gasteiger partial charge is 0.481 e. The summed E-state index contributed by atoms with van der Waals surface area (Å²) in [6, 6.07) is 9.64. The molecule has 0 bridgehead atoms. The third-order valence-electron chi connectivity index (χ3n) is 4.58. The molecule has 1 amide bonds. The van der Waals surface area contributed by atoms with E-state index >= 15 is 0 Å². The fourth-order valence-corrected chi connectivity index (χ4v) is 3.24. The van der Waals surface area contributed by atoms with Crippen LogP contribution in [-0.4, -0.2) is 53.7 Å². The van der Waals surface area contributed by atoms with Crippen molar-refractivity contribution in [3.05, 3.63) is 48.3 Å². The molecule has 2 heterocycles. The van der Waals surface area contributed by atoms with Gasteiger partial charge in [-0.25, -0.2) is 0 Å². The predicted molar refractivity (Wildman–Crippen MR) is 88.7 cm³/mol. The van der Waals surface area contributed by atoms with Crippen LogP contribution in [-0.2, 0) is 9.53 Å². The summed E-state index contributed by atoms with van der Waals surface area (Å²) in [5.74, 6) is -1.08. The molecular formula is C18H20N2O4. The quantitative estimate of drug-likeness (QED) is 0.882. The first kappa shape index (κ1) is 16.3. The van der Waals surface area contributed by atoms with Gasteiger partial charge in [-0.2, -0.15) is 0 Å². The summed E-state index contributed by atoms with van der Waals surface area (Å²) in [5.41, 5.74) is 1.30. The van der Waals surface area contributed by atoms with Gasteiger partial charge in [-0.15, -0.1) is 0 Å². The van der Waals surface area contributed by atoms with Gasteiger partial charge < -0.3 is 19.7 Å². The maximum absolute atomic E-state index is 12.9. The number of nitrogens with one attached hydrogen (secondary N) is 1. The number of carbonyl (C=O) groups is 2. The van der Waals surface area contributed by atoms with Gasteiger partial charge in [0, 0.05) is 38.2 Å². The van der Waals surface area contributed by atoms with E-state index in [-0.39, 0.29) is 19.1 Å². The highest BCUT2D eigenvalue weighted by Crippen LogP contribution is 2.33. The highest BCUT2D eigenvalue weighted by molar-refractivity contribution is 6.01. The standard InChI is InChI=1S/C18H20N2O4/c1-24-12-18(17(22)23)7-8-20(11-18)16(21)15-10-19-9-14(15)13-5-3-2-4-6-13/h2-6,9-10,19H,7-8,11-12H2,1H3,(H,22,23). The summed E-state index contributed by atoms with van der Waals surface area (Å²) < 4.78 is 5.08. The minimum Gasteiger partial charge on any atom is -0.481 e. The molecule has 6 heteroatoms. The number of aliphatic carboxylic acids is 1. The van der Waals surface area contributed by atoms with Crippen molar-refractivity contribution in [1.29, 1.82) is 0 Å². The first-order valence-electron chi connectivity index (χ1n) is 7.81. The Morgan fingerprint density at radius 3 is 2.71 bits per heavy atom. The average Bonchev–Trinajstić information content (AvgIpc) is 3.23. The van der Waals surface area contributed by atoms with E-state index in [1.165, 1.54) is 7.11 Å². The molecule has 126 valence electrons. The number of carboxylic acids is 1. The summed E-state index contributed by atoms with van der Waals surface area (Å²) in [4.78, 5) is 29.1. The van der Waals surface area contributed by atoms with E-state index in [1.54, 1.807) is 17.3 Å². The number of hydrogen-bond acceptors (Lipinski definition) is 3. The Morgan fingerprint density at radius 1 is 1.29 bits per heavy atom. The molecule has 0 aliphatic carbocycles. The molecule has 1 aromatic carbocycles. The number of carbonyl (C=O) groups excluding carboxylic acids is 1. The Balaban J connectivity index is 1.84. The molecule has 0 radical (unpaired) electrons. The maximum Gasteiger partial charge on any atom is 0.313 e. The van der Waals surface area contributed by atoms with E-state index in [0.717, 1.165) is 11.1 Å². The molecule has 1 fully saturated rings. The number of rotatable bonds is 5. The molecule has 1 aliphatic rings. The molecule has 3 rings (SSSR count). The van der Waals surface area contributed by atoms with E-state index in [9.17, 15) is 14.7 Å². The van der Waals surface area contributed by atoms with E-state index in [1.807, 2.05) is 30.3 Å². The van der Waals surface area contributed by atoms with Crippen LogP contribution in [0.15, 0.2) is 42.7 Å². The molecule has 1 aliphatic heterocycles. The van der Waals surface area contributed by atoms with Crippen molar-refractivity contribution in [1.82, 2.24) is 9.88 Å². The molecule has 1 atom stereocenters. The summed E-state index contributed by atoms with van der Waals surface area (Å²) in [5, 5.41) is 9.53. The maximum atomic E-state index is 12.9. The number of amides is 1. The number of aromatic nitrogens is 1. The average molecular weight is 328 g/mol. The molecule has 0 spiro atoms. The smallest absolute Gasteiger partial charge is 0.313 e. The van der Waals surface area contributed by atoms with Gasteiger partial charge in [0.05, 0.1) is 12.2 Å². The second-order valence-electron chi connectivity index (χ2n) is 6.14. The van der Waals surface area contributed by atoms with Gasteiger partial charge in [0.1, 0.15) is 5.41 Å². The molecule has 2 N–H and O–H groups in total. The second kappa shape index (κ2) is 6.49. The normalized spacial score (nSPS) is 20.3. The van der Waals surface area contributed by atoms with Crippen LogP contribution in [0.4, 0.5) is 0 Å². The molecule has 24 heavy (non-hydrogen) atoms. The van der Waals surface area contributed by atoms with E-state index in [4.69, 9.17) is 4.74 Å². The van der Waals surface area contributed by atoms with Crippen LogP contribution in [0.3, 0.4) is 0 Å². The SMILES string of the molecule is COCC1(C(=O)O)CCN(C(=O)c2c[nH]cc2-c2ccccc2)C1. The third-order valence-corrected chi connectivity index (χ3v) is 4.58. The Labute approximate surface area is 140 Å². The van der Waals surface area contributed by atoms with Gasteiger partial charge >= 0.3 is 5.97 Å². The number of hydrogen-bond donors (Lipinski definition) is 2. The van der Waals surface area contributed by atoms with Gasteiger partial charge in [0.2, 0.25) is 0 Å². The monoisotopic (exact) mass is 328 g/mol. The van der Waals surface area contributed by atoms with Crippen molar-refractivity contribution in [2.75, 3.05) is 26.8 Å². The Morgan fingerprint density at radius 2 is 2.04 bits per heavy atom. The van der Waals surface area contributed by atoms with E-state index in [2.05, 4.69) is 4.98 Å². The lowest BCUT2D eigenvalue weighted by atomic mass is 9.88. The third kappa shape index (κ3) is 2.80. The zero-order valence-corrected chi connectivity index (χ0v) is 13.5. The Bertz CT molecular complexity index is 740. The van der Waals surface area contributed by atoms with Gasteiger partial charge in [0.25, 0.3) is 5.91 Å². The molecular weight excluding hydrogens is 308 g/mol. The van der Waals surface area contributed by atoms with Crippen molar-refractivity contribution in [2.24, 2.45) is 5.41 Å². The predicted octanol–water partition coefficient (Wildman–Crippen LogP) is 2.25. The molecule has 6 nitrogen and oxygen atoms in total. The van der Waals surface area contributed by atoms with Crippen LogP contribution < -0.4 is 0 Å². The highest BCUT2D eigenvalue weighted by Gasteiger charge is 2.46. The summed E-state index contributed by atoms with van der Waals surface area (Å²) in [7, 11) is 1.48. The van der Waals surface area contributed by atoms with Crippen LogP contribution >= 0.6 is 0 Å². The van der Waals surface area contributed by atoms with Gasteiger partial charge in [-0.3, -0.25) is 9.59 Å². The molecule has 1 aromatic heterocycles. The number of ether oxygens (including phenoxy) is 1. The summed E-state index contributed by atoms with van der Waals surface area (Å²) in [6.07, 6.45) is 3.85. The van der Waals surface area contributed by atoms with Crippen LogP contribution in [0.25, 0.3) is 11.1 Å². The molecule has 1 saturated heterocycles. The number of methoxy groups -OCH3 is 1. The Kier molecular flexibility index (Phi) is 4.40. The van der Waals surface area contributed by atoms with Crippen molar-refractivity contribution in [2.45, 2.75) is 6.42 Å². The highest BCUT2D eigenvalue weighted by atomic mass is 16.5. The van der Waals surface area contributed by atoms with Crippen molar-refractivity contribution < 1.29 is 19.4 Å². The molecule has 1 unspecified atom stereocenters. The fourth-order valence-electron chi connectivity index (χ4n) is 3.24. The van der Waals surface area contributed by atoms with Crippen LogP contribution in [0.1, 0.15) is 16.8 Å². The zero-order chi connectivity index (χ0) is 17.2. The number of carboxylic acid groups (broad SMARTS) is 1. The summed E-state index contributed by atoms with van der Waals surface area (Å²) in [6.45, 7) is 0.674. The van der Waals surface area contributed by atoms with Crippen LogP contribution in [0.2, 0.25) is 0 Å². The lowest BCUT2D eigenvalue weighted by Gasteiger charge is -2.23. The van der Waals surface area contributed by atoms with Crippen LogP contribution in [0.5, 0.6) is 0 Å². The fraction of sp³-hybridized carbons (Fsp3) is 0.333. The number of benzene rings is 1. The van der Waals surface area contributed by atoms with Crippen molar-refractivity contribution in [3.63, 3.8) is 0 Å². The first-order chi connectivity index (χ1) is 11.6. The zero-order valence-electron chi connectivity index (χ0n) is 13.5. The minimum absolute atomic E-state index is 0.102. The van der Waals surface area contributed by atoms with Gasteiger partial charge in [0.15, 0.2) is 0 Å². The second-order valence-corrected chi connectivity index (χ2v) is 6.14. The number of nitrogens with zero attached hydrogens (tertiary/aromatic N) is 1. The Hall–Kier alpha value is -2.60. The van der Waals surface area contributed by atoms with Crippen LogP contribution in [0, 0.1) is 5.41 Å². The van der Waals surface area contributed by atoms with Gasteiger partial charge in [-0.1, -0.05) is 30.3 Å². The van der Waals surface area contributed by atoms with Crippen molar-refractivity contribution in [3.8, 4) is 11.1 Å².